The minimum absolute atomic E-state index is 0.591. The molecule has 0 spiro atoms. The average Bonchev–Trinajstić information content (AvgIpc) is 2.15. The van der Waals surface area contributed by atoms with E-state index in [1.54, 1.807) is 30.4 Å². The van der Waals surface area contributed by atoms with Gasteiger partial charge in [-0.3, -0.25) is 4.79 Å². The van der Waals surface area contributed by atoms with Gasteiger partial charge in [0.1, 0.15) is 6.29 Å². The molecule has 0 saturated heterocycles. The van der Waals surface area contributed by atoms with Crippen molar-refractivity contribution in [3.05, 3.63) is 52.0 Å². The Morgan fingerprint density at radius 2 is 1.86 bits per heavy atom. The van der Waals surface area contributed by atoms with Crippen molar-refractivity contribution in [2.45, 2.75) is 0 Å². The van der Waals surface area contributed by atoms with Crippen LogP contribution in [0.4, 0.5) is 0 Å². The molecule has 1 nitrogen and oxygen atoms in total. The first-order chi connectivity index (χ1) is 6.74. The number of carbonyl (C=O) groups is 1. The number of halogens is 2. The molecule has 0 atom stereocenters. The van der Waals surface area contributed by atoms with E-state index in [1.165, 1.54) is 6.08 Å². The van der Waals surface area contributed by atoms with E-state index in [2.05, 4.69) is 0 Å². The predicted octanol–water partition coefficient (Wildman–Crippen LogP) is 3.76. The maximum atomic E-state index is 9.96. The smallest absolute Gasteiger partial charge is 0.142 e. The first kappa shape index (κ1) is 11.0. The molecule has 0 bridgehead atoms. The first-order valence-electron chi connectivity index (χ1n) is 3.97. The van der Waals surface area contributed by atoms with Gasteiger partial charge in [0.05, 0.1) is 0 Å². The lowest BCUT2D eigenvalue weighted by Gasteiger charge is -1.97. The summed E-state index contributed by atoms with van der Waals surface area (Å²) < 4.78 is 0. The normalized spacial score (nSPS) is 11.3. The van der Waals surface area contributed by atoms with Gasteiger partial charge in [-0.2, -0.15) is 0 Å². The van der Waals surface area contributed by atoms with Gasteiger partial charge >= 0.3 is 0 Å². The highest BCUT2D eigenvalue weighted by Gasteiger charge is 1.95. The zero-order chi connectivity index (χ0) is 10.4. The van der Waals surface area contributed by atoms with Crippen LogP contribution in [0, 0.1) is 0 Å². The summed E-state index contributed by atoms with van der Waals surface area (Å²) in [5.74, 6) is 0. The molecular weight excluding hydrogens is 219 g/mol. The Bertz CT molecular complexity index is 381. The molecule has 3 heteroatoms. The van der Waals surface area contributed by atoms with Gasteiger partial charge in [0.25, 0.3) is 0 Å². The lowest BCUT2D eigenvalue weighted by Crippen LogP contribution is -1.74. The van der Waals surface area contributed by atoms with Crippen LogP contribution in [-0.2, 0) is 4.79 Å². The van der Waals surface area contributed by atoms with Crippen molar-refractivity contribution >= 4 is 35.6 Å². The molecule has 1 aromatic carbocycles. The van der Waals surface area contributed by atoms with Gasteiger partial charge in [0, 0.05) is 10.0 Å². The summed E-state index contributed by atoms with van der Waals surface area (Å²) in [6.45, 7) is 0. The first-order valence-corrected chi connectivity index (χ1v) is 4.73. The molecule has 1 rings (SSSR count). The van der Waals surface area contributed by atoms with E-state index in [0.717, 1.165) is 5.56 Å². The van der Waals surface area contributed by atoms with Crippen molar-refractivity contribution in [1.29, 1.82) is 0 Å². The van der Waals surface area contributed by atoms with Crippen molar-refractivity contribution in [2.24, 2.45) is 0 Å². The fourth-order valence-electron chi connectivity index (χ4n) is 0.905. The minimum atomic E-state index is 0.591. The molecule has 0 heterocycles. The molecule has 72 valence electrons. The largest absolute Gasteiger partial charge is 0.299 e. The van der Waals surface area contributed by atoms with E-state index >= 15 is 0 Å². The molecule has 0 fully saturated rings. The third-order valence-electron chi connectivity index (χ3n) is 1.54. The number of benzene rings is 1. The second kappa shape index (κ2) is 5.63. The molecule has 0 radical (unpaired) electrons. The summed E-state index contributed by atoms with van der Waals surface area (Å²) in [4.78, 5) is 9.96. The molecule has 0 unspecified atom stereocenters. The van der Waals surface area contributed by atoms with Crippen molar-refractivity contribution in [3.63, 3.8) is 0 Å². The Morgan fingerprint density at radius 3 is 2.50 bits per heavy atom. The van der Waals surface area contributed by atoms with E-state index in [-0.39, 0.29) is 0 Å². The molecule has 0 aromatic heterocycles. The molecule has 1 aromatic rings. The van der Waals surface area contributed by atoms with E-state index in [1.807, 2.05) is 6.07 Å². The number of allylic oxidation sites excluding steroid dienone is 3. The van der Waals surface area contributed by atoms with E-state index in [9.17, 15) is 4.79 Å². The van der Waals surface area contributed by atoms with Crippen molar-refractivity contribution < 1.29 is 4.79 Å². The molecule has 14 heavy (non-hydrogen) atoms. The Hall–Kier alpha value is -1.05. The second-order valence-corrected chi connectivity index (χ2v) is 3.39. The van der Waals surface area contributed by atoms with Gasteiger partial charge in [-0.15, -0.1) is 0 Å². The Balaban J connectivity index is 2.81. The molecule has 0 saturated carbocycles. The average molecular weight is 227 g/mol. The summed E-state index contributed by atoms with van der Waals surface area (Å²) in [7, 11) is 0. The van der Waals surface area contributed by atoms with Crippen LogP contribution in [0.2, 0.25) is 10.0 Å². The third-order valence-corrected chi connectivity index (χ3v) is 2.10. The van der Waals surface area contributed by atoms with E-state index < -0.39 is 0 Å². The highest BCUT2D eigenvalue weighted by atomic mass is 35.5. The van der Waals surface area contributed by atoms with Crippen LogP contribution in [0.1, 0.15) is 5.56 Å². The van der Waals surface area contributed by atoms with E-state index in [4.69, 9.17) is 23.2 Å². The van der Waals surface area contributed by atoms with Crippen LogP contribution in [-0.4, -0.2) is 6.29 Å². The summed E-state index contributed by atoms with van der Waals surface area (Å²) in [6, 6.07) is 5.25. The molecule has 0 aliphatic carbocycles. The number of aldehydes is 1. The number of carbonyl (C=O) groups excluding carboxylic acids is 1. The van der Waals surface area contributed by atoms with Crippen LogP contribution in [0.15, 0.2) is 36.4 Å². The van der Waals surface area contributed by atoms with Crippen LogP contribution in [0.25, 0.3) is 6.08 Å². The molecular formula is C11H8Cl2O. The van der Waals surface area contributed by atoms with E-state index in [0.29, 0.717) is 16.3 Å². The molecule has 0 aliphatic heterocycles. The maximum Gasteiger partial charge on any atom is 0.142 e. The van der Waals surface area contributed by atoms with Gasteiger partial charge in [-0.25, -0.2) is 0 Å². The topological polar surface area (TPSA) is 17.1 Å². The van der Waals surface area contributed by atoms with Gasteiger partial charge in [0.2, 0.25) is 0 Å². The summed E-state index contributed by atoms with van der Waals surface area (Å²) in [6.07, 6.45) is 7.30. The van der Waals surface area contributed by atoms with Crippen LogP contribution in [0.3, 0.4) is 0 Å². The lowest BCUT2D eigenvalue weighted by atomic mass is 10.2. The van der Waals surface area contributed by atoms with Gasteiger partial charge in [-0.1, -0.05) is 47.5 Å². The van der Waals surface area contributed by atoms with Crippen molar-refractivity contribution in [2.75, 3.05) is 0 Å². The third kappa shape index (κ3) is 3.36. The quantitative estimate of drug-likeness (QED) is 0.436. The maximum absolute atomic E-state index is 9.96. The standard InChI is InChI=1S/C11H8Cl2O/c12-10-6-5-9(11(13)8-10)4-2-1-3-7-14/h1-8H/b3-1+,4-2+. The van der Waals surface area contributed by atoms with Gasteiger partial charge in [0.15, 0.2) is 0 Å². The van der Waals surface area contributed by atoms with Crippen molar-refractivity contribution in [1.82, 2.24) is 0 Å². The SMILES string of the molecule is O=C/C=C/C=C/c1ccc(Cl)cc1Cl. The fourth-order valence-corrected chi connectivity index (χ4v) is 1.38. The lowest BCUT2D eigenvalue weighted by molar-refractivity contribution is -0.104. The van der Waals surface area contributed by atoms with Gasteiger partial charge in [-0.05, 0) is 23.8 Å². The number of hydrogen-bond donors (Lipinski definition) is 0. The minimum Gasteiger partial charge on any atom is -0.299 e. The number of hydrogen-bond acceptors (Lipinski definition) is 1. The fraction of sp³-hybridized carbons (Fsp3) is 0. The zero-order valence-corrected chi connectivity index (χ0v) is 8.79. The summed E-state index contributed by atoms with van der Waals surface area (Å²) in [5, 5.41) is 1.20. The Morgan fingerprint density at radius 1 is 1.07 bits per heavy atom. The molecule has 0 N–H and O–H groups in total. The summed E-state index contributed by atoms with van der Waals surface area (Å²) >= 11 is 11.6. The molecule has 0 amide bonds. The van der Waals surface area contributed by atoms with Crippen molar-refractivity contribution in [3.8, 4) is 0 Å². The van der Waals surface area contributed by atoms with Crippen LogP contribution < -0.4 is 0 Å². The number of rotatable bonds is 3. The monoisotopic (exact) mass is 226 g/mol. The zero-order valence-electron chi connectivity index (χ0n) is 7.28. The highest BCUT2D eigenvalue weighted by molar-refractivity contribution is 6.35. The highest BCUT2D eigenvalue weighted by Crippen LogP contribution is 2.21. The summed E-state index contributed by atoms with van der Waals surface area (Å²) in [5.41, 5.74) is 0.867. The van der Waals surface area contributed by atoms with Crippen LogP contribution >= 0.6 is 23.2 Å². The van der Waals surface area contributed by atoms with Gasteiger partial charge < -0.3 is 0 Å². The Kier molecular flexibility index (Phi) is 4.44. The second-order valence-electron chi connectivity index (χ2n) is 2.55. The Labute approximate surface area is 92.6 Å². The molecule has 0 aliphatic rings. The van der Waals surface area contributed by atoms with Crippen LogP contribution in [0.5, 0.6) is 0 Å². The predicted molar refractivity (Wildman–Crippen MR) is 60.7 cm³/mol.